The number of aryl methyl sites for hydroxylation is 2. The minimum absolute atomic E-state index is 0.00996. The molecule has 1 aliphatic heterocycles. The highest BCUT2D eigenvalue weighted by Crippen LogP contribution is 2.27. The smallest absolute Gasteiger partial charge is 0.246 e. The van der Waals surface area contributed by atoms with Gasteiger partial charge in [-0.2, -0.15) is 0 Å². The normalized spacial score (nSPS) is 17.5. The van der Waals surface area contributed by atoms with Crippen LogP contribution in [0, 0.1) is 13.8 Å². The van der Waals surface area contributed by atoms with E-state index in [4.69, 9.17) is 0 Å². The number of guanidine groups is 1. The number of nitrogens with one attached hydrogen (secondary N) is 3. The summed E-state index contributed by atoms with van der Waals surface area (Å²) < 4.78 is 0. The van der Waals surface area contributed by atoms with Gasteiger partial charge in [0.05, 0.1) is 6.04 Å². The average Bonchev–Trinajstić information content (AvgIpc) is 2.68. The Labute approximate surface area is 171 Å². The third-order valence-electron chi connectivity index (χ3n) is 4.79. The van der Waals surface area contributed by atoms with E-state index in [2.05, 4.69) is 20.9 Å². The number of nitrogens with zero attached hydrogens (tertiary/aromatic N) is 1. The maximum atomic E-state index is 12.2. The summed E-state index contributed by atoms with van der Waals surface area (Å²) in [5.74, 6) is 0.247. The SMILES string of the molecule is CC(=O)C1=C(C)NC(=NCC(=O)Nc2ccc(C)cc2)NC1c1ccc(C)cc1. The van der Waals surface area contributed by atoms with Crippen molar-refractivity contribution in [2.24, 2.45) is 4.99 Å². The summed E-state index contributed by atoms with van der Waals surface area (Å²) in [6.07, 6.45) is 0. The number of anilines is 1. The van der Waals surface area contributed by atoms with E-state index < -0.39 is 0 Å². The third-order valence-corrected chi connectivity index (χ3v) is 4.79. The van der Waals surface area contributed by atoms with Crippen LogP contribution >= 0.6 is 0 Å². The molecule has 1 unspecified atom stereocenters. The zero-order valence-electron chi connectivity index (χ0n) is 17.2. The summed E-state index contributed by atoms with van der Waals surface area (Å²) in [6, 6.07) is 15.3. The molecule has 29 heavy (non-hydrogen) atoms. The summed E-state index contributed by atoms with van der Waals surface area (Å²) in [4.78, 5) is 28.8. The summed E-state index contributed by atoms with van der Waals surface area (Å²) in [5, 5.41) is 9.19. The predicted molar refractivity (Wildman–Crippen MR) is 116 cm³/mol. The molecule has 3 rings (SSSR count). The maximum Gasteiger partial charge on any atom is 0.246 e. The van der Waals surface area contributed by atoms with Crippen molar-refractivity contribution in [1.29, 1.82) is 0 Å². The first-order chi connectivity index (χ1) is 13.8. The van der Waals surface area contributed by atoms with Crippen LogP contribution in [0.25, 0.3) is 0 Å². The van der Waals surface area contributed by atoms with Crippen LogP contribution in [-0.2, 0) is 9.59 Å². The third kappa shape index (κ3) is 5.10. The highest BCUT2D eigenvalue weighted by molar-refractivity contribution is 6.00. The molecule has 3 N–H and O–H groups in total. The van der Waals surface area contributed by atoms with Gasteiger partial charge in [-0.25, -0.2) is 4.99 Å². The number of rotatable bonds is 5. The highest BCUT2D eigenvalue weighted by atomic mass is 16.2. The summed E-state index contributed by atoms with van der Waals surface area (Å²) in [5.41, 5.74) is 5.38. The van der Waals surface area contributed by atoms with Crippen LogP contribution in [0.1, 0.15) is 36.6 Å². The molecule has 150 valence electrons. The second-order valence-electron chi connectivity index (χ2n) is 7.29. The minimum atomic E-state index is -0.312. The van der Waals surface area contributed by atoms with E-state index in [0.29, 0.717) is 11.5 Å². The van der Waals surface area contributed by atoms with E-state index in [1.807, 2.05) is 69.3 Å². The van der Waals surface area contributed by atoms with Crippen LogP contribution in [0.4, 0.5) is 5.69 Å². The Hall–Kier alpha value is -3.41. The van der Waals surface area contributed by atoms with Gasteiger partial charge in [0, 0.05) is 17.0 Å². The second kappa shape index (κ2) is 8.73. The van der Waals surface area contributed by atoms with Crippen molar-refractivity contribution in [1.82, 2.24) is 10.6 Å². The molecule has 0 fully saturated rings. The van der Waals surface area contributed by atoms with E-state index in [0.717, 1.165) is 28.1 Å². The van der Waals surface area contributed by atoms with E-state index in [1.54, 1.807) is 6.92 Å². The quantitative estimate of drug-likeness (QED) is 0.731. The number of Topliss-reactive ketones (excluding diaryl/α,β-unsaturated/α-hetero) is 1. The van der Waals surface area contributed by atoms with E-state index in [1.165, 1.54) is 0 Å². The van der Waals surface area contributed by atoms with Crippen molar-refractivity contribution in [3.8, 4) is 0 Å². The van der Waals surface area contributed by atoms with Gasteiger partial charge in [-0.15, -0.1) is 0 Å². The molecule has 0 saturated carbocycles. The van der Waals surface area contributed by atoms with Crippen LogP contribution in [-0.4, -0.2) is 24.2 Å². The molecule has 2 aromatic rings. The fourth-order valence-corrected chi connectivity index (χ4v) is 3.26. The molecule has 0 aliphatic carbocycles. The Morgan fingerprint density at radius 3 is 2.14 bits per heavy atom. The van der Waals surface area contributed by atoms with Crippen LogP contribution in [0.15, 0.2) is 64.8 Å². The first kappa shape index (κ1) is 20.3. The Kier molecular flexibility index (Phi) is 6.12. The van der Waals surface area contributed by atoms with Gasteiger partial charge in [-0.3, -0.25) is 9.59 Å². The first-order valence-corrected chi connectivity index (χ1v) is 9.56. The fraction of sp³-hybridized carbons (Fsp3) is 0.261. The zero-order valence-corrected chi connectivity index (χ0v) is 17.2. The Bertz CT molecular complexity index is 973. The number of hydrogen-bond acceptors (Lipinski definition) is 3. The molecule has 0 saturated heterocycles. The summed E-state index contributed by atoms with van der Waals surface area (Å²) in [7, 11) is 0. The van der Waals surface area contributed by atoms with Crippen LogP contribution in [0.2, 0.25) is 0 Å². The lowest BCUT2D eigenvalue weighted by Crippen LogP contribution is -2.46. The van der Waals surface area contributed by atoms with Crippen molar-refractivity contribution < 1.29 is 9.59 Å². The van der Waals surface area contributed by atoms with Gasteiger partial charge in [0.1, 0.15) is 6.54 Å². The number of amides is 1. The van der Waals surface area contributed by atoms with Crippen molar-refractivity contribution in [2.45, 2.75) is 33.7 Å². The number of carbonyl (C=O) groups excluding carboxylic acids is 2. The lowest BCUT2D eigenvalue weighted by molar-refractivity contribution is -0.115. The van der Waals surface area contributed by atoms with E-state index in [-0.39, 0.29) is 24.3 Å². The van der Waals surface area contributed by atoms with Crippen LogP contribution in [0.3, 0.4) is 0 Å². The molecule has 0 bridgehead atoms. The van der Waals surface area contributed by atoms with Gasteiger partial charge < -0.3 is 16.0 Å². The second-order valence-corrected chi connectivity index (χ2v) is 7.29. The van der Waals surface area contributed by atoms with Crippen molar-refractivity contribution in [3.63, 3.8) is 0 Å². The molecule has 0 aromatic heterocycles. The highest BCUT2D eigenvalue weighted by Gasteiger charge is 2.28. The number of carbonyl (C=O) groups is 2. The molecular weight excluding hydrogens is 364 g/mol. The Balaban J connectivity index is 1.76. The average molecular weight is 390 g/mol. The van der Waals surface area contributed by atoms with Crippen molar-refractivity contribution in [2.75, 3.05) is 11.9 Å². The van der Waals surface area contributed by atoms with Crippen molar-refractivity contribution in [3.05, 3.63) is 76.5 Å². The molecule has 1 atom stereocenters. The first-order valence-electron chi connectivity index (χ1n) is 9.56. The monoisotopic (exact) mass is 390 g/mol. The fourth-order valence-electron chi connectivity index (χ4n) is 3.26. The molecule has 6 heteroatoms. The molecule has 0 radical (unpaired) electrons. The van der Waals surface area contributed by atoms with Gasteiger partial charge in [0.2, 0.25) is 5.91 Å². The molecular formula is C23H26N4O2. The maximum absolute atomic E-state index is 12.2. The molecule has 0 spiro atoms. The molecule has 6 nitrogen and oxygen atoms in total. The summed E-state index contributed by atoms with van der Waals surface area (Å²) >= 11 is 0. The Morgan fingerprint density at radius 2 is 1.55 bits per heavy atom. The predicted octanol–water partition coefficient (Wildman–Crippen LogP) is 3.40. The zero-order chi connectivity index (χ0) is 21.0. The largest absolute Gasteiger partial charge is 0.345 e. The molecule has 1 amide bonds. The minimum Gasteiger partial charge on any atom is -0.345 e. The number of hydrogen-bond donors (Lipinski definition) is 3. The molecule has 1 heterocycles. The summed E-state index contributed by atoms with van der Waals surface area (Å²) in [6.45, 7) is 7.38. The van der Waals surface area contributed by atoms with E-state index >= 15 is 0 Å². The van der Waals surface area contributed by atoms with Gasteiger partial charge in [0.25, 0.3) is 0 Å². The number of aliphatic imine (C=N–C) groups is 1. The van der Waals surface area contributed by atoms with Gasteiger partial charge in [-0.05, 0) is 45.4 Å². The Morgan fingerprint density at radius 1 is 0.966 bits per heavy atom. The lowest BCUT2D eigenvalue weighted by atomic mass is 9.92. The van der Waals surface area contributed by atoms with Gasteiger partial charge in [-0.1, -0.05) is 47.5 Å². The topological polar surface area (TPSA) is 82.6 Å². The van der Waals surface area contributed by atoms with E-state index in [9.17, 15) is 9.59 Å². The number of ketones is 1. The van der Waals surface area contributed by atoms with Gasteiger partial charge in [0.15, 0.2) is 11.7 Å². The molecule has 2 aromatic carbocycles. The number of benzene rings is 2. The van der Waals surface area contributed by atoms with Gasteiger partial charge >= 0.3 is 0 Å². The van der Waals surface area contributed by atoms with Crippen LogP contribution < -0.4 is 16.0 Å². The lowest BCUT2D eigenvalue weighted by Gasteiger charge is -2.30. The standard InChI is InChI=1S/C23H26N4O2/c1-14-5-9-18(10-6-14)22-21(17(4)28)16(3)25-23(27-22)24-13-20(29)26-19-11-7-15(2)8-12-19/h5-12,22H,13H2,1-4H3,(H,26,29)(H2,24,25,27). The van der Waals surface area contributed by atoms with Crippen molar-refractivity contribution >= 4 is 23.3 Å². The molecule has 1 aliphatic rings. The number of allylic oxidation sites excluding steroid dienone is 1. The van der Waals surface area contributed by atoms with Crippen LogP contribution in [0.5, 0.6) is 0 Å².